The maximum absolute atomic E-state index is 12.4. The lowest BCUT2D eigenvalue weighted by atomic mass is 9.97. The molecule has 0 fully saturated rings. The quantitative estimate of drug-likeness (QED) is 0.857. The number of unbranched alkanes of at least 4 members (excludes halogenated alkanes) is 1. The second-order valence-corrected chi connectivity index (χ2v) is 6.88. The molecule has 2 N–H and O–H groups in total. The van der Waals surface area contributed by atoms with Crippen molar-refractivity contribution in [2.75, 3.05) is 6.54 Å². The van der Waals surface area contributed by atoms with E-state index >= 15 is 0 Å². The Morgan fingerprint density at radius 2 is 1.95 bits per heavy atom. The fourth-order valence-electron chi connectivity index (χ4n) is 2.53. The molecule has 0 bridgehead atoms. The molecule has 0 amide bonds. The van der Waals surface area contributed by atoms with Crippen LogP contribution in [0.15, 0.2) is 16.9 Å². The number of imidazole rings is 1. The van der Waals surface area contributed by atoms with Gasteiger partial charge in [-0.15, -0.1) is 0 Å². The second-order valence-electron chi connectivity index (χ2n) is 6.88. The van der Waals surface area contributed by atoms with Crippen molar-refractivity contribution in [1.82, 2.24) is 14.1 Å². The molecular formula is C16H26N4O. The van der Waals surface area contributed by atoms with Crippen molar-refractivity contribution < 1.29 is 0 Å². The van der Waals surface area contributed by atoms with E-state index in [0.717, 1.165) is 36.1 Å². The Morgan fingerprint density at radius 1 is 1.24 bits per heavy atom. The van der Waals surface area contributed by atoms with Gasteiger partial charge < -0.3 is 5.73 Å². The Balaban J connectivity index is 2.40. The molecular weight excluding hydrogens is 264 g/mol. The summed E-state index contributed by atoms with van der Waals surface area (Å²) in [6, 6.07) is 4.05. The molecule has 5 heteroatoms. The fourth-order valence-corrected chi connectivity index (χ4v) is 2.53. The summed E-state index contributed by atoms with van der Waals surface area (Å²) >= 11 is 0. The minimum absolute atomic E-state index is 0.00605. The molecule has 0 atom stereocenters. The number of nitrogens with two attached hydrogens (primary N) is 1. The first-order chi connectivity index (χ1) is 9.83. The summed E-state index contributed by atoms with van der Waals surface area (Å²) in [6.07, 6.45) is 2.95. The Labute approximate surface area is 125 Å². The van der Waals surface area contributed by atoms with Crippen LogP contribution in [0.5, 0.6) is 0 Å². The highest BCUT2D eigenvalue weighted by Gasteiger charge is 2.18. The summed E-state index contributed by atoms with van der Waals surface area (Å²) in [5.41, 5.74) is 8.30. The minimum Gasteiger partial charge on any atom is -0.330 e. The van der Waals surface area contributed by atoms with E-state index in [2.05, 4.69) is 25.8 Å². The van der Waals surface area contributed by atoms with E-state index < -0.39 is 0 Å². The zero-order chi connectivity index (χ0) is 15.6. The third-order valence-corrected chi connectivity index (χ3v) is 3.56. The van der Waals surface area contributed by atoms with Crippen molar-refractivity contribution in [1.29, 1.82) is 0 Å². The average Bonchev–Trinajstić information content (AvgIpc) is 2.63. The summed E-state index contributed by atoms with van der Waals surface area (Å²) in [6.45, 7) is 7.80. The normalized spacial score (nSPS) is 12.2. The van der Waals surface area contributed by atoms with Gasteiger partial charge in [0, 0.05) is 19.3 Å². The first-order valence-electron chi connectivity index (χ1n) is 7.59. The summed E-state index contributed by atoms with van der Waals surface area (Å²) in [5.74, 6) is 0. The maximum Gasteiger partial charge on any atom is 0.330 e. The van der Waals surface area contributed by atoms with Gasteiger partial charge in [0.15, 0.2) is 5.65 Å². The minimum atomic E-state index is 0.00605. The predicted molar refractivity (Wildman–Crippen MR) is 86.4 cm³/mol. The first-order valence-corrected chi connectivity index (χ1v) is 7.59. The van der Waals surface area contributed by atoms with Crippen LogP contribution in [-0.4, -0.2) is 20.7 Å². The van der Waals surface area contributed by atoms with Crippen molar-refractivity contribution in [3.8, 4) is 0 Å². The largest absolute Gasteiger partial charge is 0.330 e. The molecule has 2 aromatic heterocycles. The van der Waals surface area contributed by atoms with Crippen LogP contribution < -0.4 is 11.4 Å². The molecule has 0 aliphatic carbocycles. The highest BCUT2D eigenvalue weighted by molar-refractivity contribution is 5.71. The van der Waals surface area contributed by atoms with Gasteiger partial charge in [-0.2, -0.15) is 0 Å². The average molecular weight is 290 g/mol. The van der Waals surface area contributed by atoms with E-state index in [-0.39, 0.29) is 11.1 Å². The number of pyridine rings is 1. The van der Waals surface area contributed by atoms with E-state index in [1.807, 2.05) is 16.7 Å². The van der Waals surface area contributed by atoms with Crippen molar-refractivity contribution in [2.45, 2.75) is 46.6 Å². The lowest BCUT2D eigenvalue weighted by molar-refractivity contribution is 0.342. The third-order valence-electron chi connectivity index (χ3n) is 3.56. The van der Waals surface area contributed by atoms with Gasteiger partial charge in [0.1, 0.15) is 0 Å². The van der Waals surface area contributed by atoms with Crippen LogP contribution in [0.25, 0.3) is 11.2 Å². The van der Waals surface area contributed by atoms with E-state index in [1.54, 1.807) is 11.6 Å². The molecule has 0 aromatic carbocycles. The molecule has 0 radical (unpaired) electrons. The lowest BCUT2D eigenvalue weighted by Gasteiger charge is -2.18. The van der Waals surface area contributed by atoms with Gasteiger partial charge in [0.2, 0.25) is 0 Å². The Hall–Kier alpha value is -1.62. The molecule has 0 saturated heterocycles. The first kappa shape index (κ1) is 15.8. The van der Waals surface area contributed by atoms with Gasteiger partial charge in [0.25, 0.3) is 0 Å². The SMILES string of the molecule is Cn1c(=O)n(CC(C)(C)C)c2ccc(CCCCN)nc21. The summed E-state index contributed by atoms with van der Waals surface area (Å²) in [5, 5.41) is 0. The van der Waals surface area contributed by atoms with Gasteiger partial charge >= 0.3 is 5.69 Å². The van der Waals surface area contributed by atoms with Gasteiger partial charge in [-0.05, 0) is 43.4 Å². The zero-order valence-electron chi connectivity index (χ0n) is 13.5. The molecule has 21 heavy (non-hydrogen) atoms. The molecule has 0 saturated carbocycles. The second kappa shape index (κ2) is 6.02. The van der Waals surface area contributed by atoms with Gasteiger partial charge in [-0.1, -0.05) is 20.8 Å². The molecule has 0 aliphatic heterocycles. The van der Waals surface area contributed by atoms with Crippen LogP contribution in [0.1, 0.15) is 39.3 Å². The number of aryl methyl sites for hydroxylation is 2. The molecule has 2 heterocycles. The van der Waals surface area contributed by atoms with Crippen LogP contribution >= 0.6 is 0 Å². The molecule has 116 valence electrons. The van der Waals surface area contributed by atoms with Crippen LogP contribution in [-0.2, 0) is 20.0 Å². The Bertz CT molecular complexity index is 676. The van der Waals surface area contributed by atoms with E-state index in [9.17, 15) is 4.79 Å². The standard InChI is InChI=1S/C16H26N4O/c1-16(2,3)11-20-13-9-8-12(7-5-6-10-17)18-14(13)19(4)15(20)21/h8-9H,5-7,10-11,17H2,1-4H3. The molecule has 2 rings (SSSR count). The number of hydrogen-bond donors (Lipinski definition) is 1. The number of hydrogen-bond acceptors (Lipinski definition) is 3. The van der Waals surface area contributed by atoms with Crippen molar-refractivity contribution in [3.63, 3.8) is 0 Å². The summed E-state index contributed by atoms with van der Waals surface area (Å²) in [7, 11) is 1.79. The lowest BCUT2D eigenvalue weighted by Crippen LogP contribution is -2.27. The molecule has 5 nitrogen and oxygen atoms in total. The summed E-state index contributed by atoms with van der Waals surface area (Å²) in [4.78, 5) is 17.1. The zero-order valence-corrected chi connectivity index (χ0v) is 13.5. The van der Waals surface area contributed by atoms with Crippen LogP contribution in [0.3, 0.4) is 0 Å². The van der Waals surface area contributed by atoms with E-state index in [4.69, 9.17) is 5.73 Å². The monoisotopic (exact) mass is 290 g/mol. The topological polar surface area (TPSA) is 65.8 Å². The fraction of sp³-hybridized carbons (Fsp3) is 0.625. The number of nitrogens with zero attached hydrogens (tertiary/aromatic N) is 3. The molecule has 0 aliphatic rings. The van der Waals surface area contributed by atoms with E-state index in [0.29, 0.717) is 13.1 Å². The predicted octanol–water partition coefficient (Wildman–Crippen LogP) is 2.06. The van der Waals surface area contributed by atoms with Crippen molar-refractivity contribution in [2.24, 2.45) is 18.2 Å². The Morgan fingerprint density at radius 3 is 2.57 bits per heavy atom. The van der Waals surface area contributed by atoms with E-state index in [1.165, 1.54) is 0 Å². The van der Waals surface area contributed by atoms with Crippen LogP contribution in [0, 0.1) is 5.41 Å². The van der Waals surface area contributed by atoms with Crippen LogP contribution in [0.4, 0.5) is 0 Å². The summed E-state index contributed by atoms with van der Waals surface area (Å²) < 4.78 is 3.47. The highest BCUT2D eigenvalue weighted by Crippen LogP contribution is 2.19. The van der Waals surface area contributed by atoms with Gasteiger partial charge in [-0.25, -0.2) is 9.78 Å². The third kappa shape index (κ3) is 3.53. The smallest absolute Gasteiger partial charge is 0.330 e. The Kier molecular flexibility index (Phi) is 4.52. The maximum atomic E-state index is 12.4. The van der Waals surface area contributed by atoms with Crippen LogP contribution in [0.2, 0.25) is 0 Å². The van der Waals surface area contributed by atoms with Gasteiger partial charge in [-0.3, -0.25) is 9.13 Å². The molecule has 0 spiro atoms. The molecule has 0 unspecified atom stereocenters. The van der Waals surface area contributed by atoms with Gasteiger partial charge in [0.05, 0.1) is 5.52 Å². The van der Waals surface area contributed by atoms with Crippen molar-refractivity contribution >= 4 is 11.2 Å². The highest BCUT2D eigenvalue weighted by atomic mass is 16.1. The number of aromatic nitrogens is 3. The van der Waals surface area contributed by atoms with Crippen molar-refractivity contribution in [3.05, 3.63) is 28.3 Å². The number of rotatable bonds is 5. The molecule has 2 aromatic rings. The number of fused-ring (bicyclic) bond motifs is 1.